The van der Waals surface area contributed by atoms with Crippen LogP contribution in [0.25, 0.3) is 0 Å². The number of benzene rings is 1. The van der Waals surface area contributed by atoms with Gasteiger partial charge < -0.3 is 48.3 Å². The second kappa shape index (κ2) is 27.3. The van der Waals surface area contributed by atoms with Gasteiger partial charge in [0.25, 0.3) is 5.91 Å². The zero-order valence-electron chi connectivity index (χ0n) is 38.6. The van der Waals surface area contributed by atoms with Crippen LogP contribution >= 0.6 is 0 Å². The molecular weight excluding hydrogens is 827 g/mol. The van der Waals surface area contributed by atoms with Crippen LogP contribution in [-0.4, -0.2) is 107 Å². The highest BCUT2D eigenvalue weighted by atomic mass is 16.6. The molecule has 9 atom stereocenters. The van der Waals surface area contributed by atoms with Crippen LogP contribution in [0.1, 0.15) is 112 Å². The van der Waals surface area contributed by atoms with Crippen molar-refractivity contribution in [1.82, 2.24) is 21.3 Å². The lowest BCUT2D eigenvalue weighted by Gasteiger charge is -2.28. The number of aliphatic hydroxyl groups is 1. The van der Waals surface area contributed by atoms with Crippen LogP contribution < -0.4 is 38.5 Å². The number of nitrogens with two attached hydrogens (primary N) is 3. The number of hydrogen-bond acceptors (Lipinski definition) is 13. The monoisotopic (exact) mass is 900 g/mol. The number of ether oxygens (including phenoxy) is 1. The summed E-state index contributed by atoms with van der Waals surface area (Å²) in [4.78, 5) is 123. The van der Waals surface area contributed by atoms with E-state index in [1.54, 1.807) is 13.8 Å². The van der Waals surface area contributed by atoms with E-state index in [-0.39, 0.29) is 62.7 Å². The van der Waals surface area contributed by atoms with Crippen molar-refractivity contribution < 1.29 is 53.0 Å². The summed E-state index contributed by atoms with van der Waals surface area (Å²) in [7, 11) is 0. The molecule has 0 aliphatic carbocycles. The highest BCUT2D eigenvalue weighted by Crippen LogP contribution is 2.23. The maximum absolute atomic E-state index is 14.0. The minimum Gasteiger partial charge on any atom is -0.450 e. The van der Waals surface area contributed by atoms with Gasteiger partial charge in [0, 0.05) is 31.1 Å². The minimum absolute atomic E-state index is 0.0137. The predicted molar refractivity (Wildman–Crippen MR) is 238 cm³/mol. The first kappa shape index (κ1) is 55.1. The Morgan fingerprint density at radius 1 is 0.828 bits per heavy atom. The van der Waals surface area contributed by atoms with Crippen molar-refractivity contribution >= 4 is 52.9 Å². The Bertz CT molecular complexity index is 1760. The normalized spacial score (nSPS) is 21.9. The van der Waals surface area contributed by atoms with Crippen molar-refractivity contribution in [3.8, 4) is 0 Å². The Morgan fingerprint density at radius 3 is 2.02 bits per heavy atom. The number of Topliss-reactive ketones (excluding diaryl/α,β-unsaturated/α-hetero) is 3. The molecule has 358 valence electrons. The lowest BCUT2D eigenvalue weighted by Crippen LogP contribution is -2.53. The first-order chi connectivity index (χ1) is 30.1. The highest BCUT2D eigenvalue weighted by molar-refractivity contribution is 6.00. The fourth-order valence-corrected chi connectivity index (χ4v) is 7.64. The smallest absolute Gasteiger partial charge is 0.329 e. The van der Waals surface area contributed by atoms with Crippen molar-refractivity contribution in [2.75, 3.05) is 13.2 Å². The van der Waals surface area contributed by atoms with Gasteiger partial charge in [-0.25, -0.2) is 4.79 Å². The van der Waals surface area contributed by atoms with Crippen LogP contribution in [0.2, 0.25) is 0 Å². The summed E-state index contributed by atoms with van der Waals surface area (Å²) in [5.41, 5.74) is 18.5. The summed E-state index contributed by atoms with van der Waals surface area (Å²) >= 11 is 0. The van der Waals surface area contributed by atoms with E-state index in [2.05, 4.69) is 21.3 Å². The molecular formula is C46H73N7O11. The molecule has 1 aliphatic heterocycles. The SMILES string of the molecule is CC(C)C[C@@H]1CC(=O)[C@H](C)NC(=O)C(CC(=O)[C@H](CO)NC(=O)[C@@H](CCCCN)CC(=O)[C@@H](CC(C)C)NC(=O)[C@@H](N)Cc2ccccc2)[C@H](C(N)=O)OC(=O)[C@H](CC(C)C)NC1=O. The van der Waals surface area contributed by atoms with Gasteiger partial charge in [0.1, 0.15) is 12.1 Å². The third-order valence-electron chi connectivity index (χ3n) is 11.1. The standard InChI is InChI=1S/C46H73N7O11/c1-25(2)17-31-22-37(55)28(7)50-44(61)32(40(41(49)58)64-46(63)35(19-27(5)6)52-43(31)60)23-39(57)36(24-54)53-42(59)30(15-11-12-16-47)21-38(56)34(18-26(3)4)51-45(62)33(48)20-29-13-9-8-10-14-29/h8-10,13-14,25-28,30-36,40,54H,11-12,15-24,47-48H2,1-7H3,(H2,49,58)(H,50,61)(H,51,62)(H,52,60)(H,53,59)/t28-,30-,31+,32?,33-,34+,35-,36-,40+/m0/s1. The summed E-state index contributed by atoms with van der Waals surface area (Å²) in [5.74, 6) is -11.3. The van der Waals surface area contributed by atoms with Gasteiger partial charge in [0.05, 0.1) is 30.7 Å². The topological polar surface area (TPSA) is 309 Å². The third-order valence-corrected chi connectivity index (χ3v) is 11.1. The lowest BCUT2D eigenvalue weighted by molar-refractivity contribution is -0.164. The summed E-state index contributed by atoms with van der Waals surface area (Å²) < 4.78 is 5.54. The van der Waals surface area contributed by atoms with Crippen molar-refractivity contribution in [2.24, 2.45) is 52.7 Å². The number of hydrogen-bond donors (Lipinski definition) is 8. The Kier molecular flexibility index (Phi) is 23.5. The summed E-state index contributed by atoms with van der Waals surface area (Å²) in [5, 5.41) is 20.8. The second-order valence-corrected chi connectivity index (χ2v) is 18.3. The lowest BCUT2D eigenvalue weighted by atomic mass is 9.88. The number of carbonyl (C=O) groups excluding carboxylic acids is 9. The number of ketones is 3. The largest absolute Gasteiger partial charge is 0.450 e. The minimum atomic E-state index is -2.08. The Morgan fingerprint density at radius 2 is 1.45 bits per heavy atom. The number of nitrogens with one attached hydrogen (secondary N) is 4. The zero-order valence-corrected chi connectivity index (χ0v) is 38.6. The Hall–Kier alpha value is -5.07. The first-order valence-electron chi connectivity index (χ1n) is 22.5. The molecule has 1 saturated heterocycles. The number of esters is 1. The molecule has 0 bridgehead atoms. The van der Waals surface area contributed by atoms with Crippen molar-refractivity contribution in [3.63, 3.8) is 0 Å². The van der Waals surface area contributed by atoms with Crippen molar-refractivity contribution in [3.05, 3.63) is 35.9 Å². The van der Waals surface area contributed by atoms with Gasteiger partial charge in [-0.3, -0.25) is 38.4 Å². The van der Waals surface area contributed by atoms with E-state index >= 15 is 0 Å². The van der Waals surface area contributed by atoms with Crippen molar-refractivity contribution in [1.29, 1.82) is 0 Å². The number of cyclic esters (lactones) is 1. The van der Waals surface area contributed by atoms with Crippen LogP contribution in [0.5, 0.6) is 0 Å². The number of amides is 5. The van der Waals surface area contributed by atoms with E-state index in [9.17, 15) is 48.3 Å². The van der Waals surface area contributed by atoms with Gasteiger partial charge in [-0.1, -0.05) is 78.3 Å². The van der Waals surface area contributed by atoms with Gasteiger partial charge >= 0.3 is 5.97 Å². The molecule has 0 saturated carbocycles. The first-order valence-corrected chi connectivity index (χ1v) is 22.5. The molecule has 0 radical (unpaired) electrons. The molecule has 1 aromatic carbocycles. The highest BCUT2D eigenvalue weighted by Gasteiger charge is 2.42. The molecule has 1 unspecified atom stereocenters. The number of primary amides is 1. The average Bonchev–Trinajstić information content (AvgIpc) is 3.22. The molecule has 5 amide bonds. The van der Waals surface area contributed by atoms with Crippen LogP contribution in [0, 0.1) is 35.5 Å². The molecule has 1 aromatic rings. The summed E-state index contributed by atoms with van der Waals surface area (Å²) in [6.45, 7) is 11.7. The van der Waals surface area contributed by atoms with E-state index in [4.69, 9.17) is 21.9 Å². The van der Waals surface area contributed by atoms with Crippen LogP contribution in [0.15, 0.2) is 30.3 Å². The predicted octanol–water partition coefficient (Wildman–Crippen LogP) is 0.912. The fraction of sp³-hybridized carbons (Fsp3) is 0.674. The number of carbonyl (C=O) groups is 9. The second-order valence-electron chi connectivity index (χ2n) is 18.3. The molecule has 18 heteroatoms. The number of unbranched alkanes of at least 4 members (excludes halogenated alkanes) is 1. The van der Waals surface area contributed by atoms with Crippen LogP contribution in [0.4, 0.5) is 0 Å². The van der Waals surface area contributed by atoms with E-state index in [1.165, 1.54) is 6.92 Å². The van der Waals surface area contributed by atoms with Crippen LogP contribution in [0.3, 0.4) is 0 Å². The zero-order chi connectivity index (χ0) is 48.3. The number of rotatable bonds is 24. The molecule has 11 N–H and O–H groups in total. The molecule has 0 spiro atoms. The van der Waals surface area contributed by atoms with Crippen molar-refractivity contribution in [2.45, 2.75) is 149 Å². The molecule has 1 fully saturated rings. The van der Waals surface area contributed by atoms with Gasteiger partial charge in [-0.05, 0) is 75.3 Å². The summed E-state index contributed by atoms with van der Waals surface area (Å²) in [6, 6.07) is 3.00. The number of aliphatic hydroxyl groups excluding tert-OH is 1. The summed E-state index contributed by atoms with van der Waals surface area (Å²) in [6.07, 6.45) is -1.71. The molecule has 18 nitrogen and oxygen atoms in total. The van der Waals surface area contributed by atoms with E-state index in [0.29, 0.717) is 19.4 Å². The maximum Gasteiger partial charge on any atom is 0.329 e. The Labute approximate surface area is 377 Å². The molecule has 2 rings (SSSR count). The average molecular weight is 900 g/mol. The van der Waals surface area contributed by atoms with E-state index < -0.39 is 120 Å². The Balaban J connectivity index is 2.42. The van der Waals surface area contributed by atoms with Gasteiger partial charge in [0.15, 0.2) is 23.5 Å². The molecule has 64 heavy (non-hydrogen) atoms. The molecule has 1 heterocycles. The van der Waals surface area contributed by atoms with E-state index in [0.717, 1.165) is 5.56 Å². The molecule has 0 aromatic heterocycles. The fourth-order valence-electron chi connectivity index (χ4n) is 7.64. The van der Waals surface area contributed by atoms with Crippen LogP contribution in [-0.2, 0) is 54.3 Å². The third kappa shape index (κ3) is 18.6. The van der Waals surface area contributed by atoms with E-state index in [1.807, 2.05) is 58.0 Å². The maximum atomic E-state index is 14.0. The van der Waals surface area contributed by atoms with Gasteiger partial charge in [-0.15, -0.1) is 0 Å². The van der Waals surface area contributed by atoms with Gasteiger partial charge in [-0.2, -0.15) is 0 Å². The van der Waals surface area contributed by atoms with Gasteiger partial charge in [0.2, 0.25) is 23.6 Å². The quantitative estimate of drug-likeness (QED) is 0.0529. The molecule has 1 aliphatic rings.